The summed E-state index contributed by atoms with van der Waals surface area (Å²) in [5.41, 5.74) is 0.699. The Kier molecular flexibility index (Phi) is 3.47. The van der Waals surface area contributed by atoms with Crippen molar-refractivity contribution < 1.29 is 9.90 Å². The fourth-order valence-electron chi connectivity index (χ4n) is 1.96. The molecule has 0 bridgehead atoms. The third-order valence-corrected chi connectivity index (χ3v) is 3.41. The number of aliphatic carboxylic acids is 1. The molecular formula is C11H14ClN3O2. The summed E-state index contributed by atoms with van der Waals surface area (Å²) in [5, 5.41) is 9.32. The number of hydrogen-bond donors (Lipinski definition) is 1. The zero-order chi connectivity index (χ0) is 12.4. The number of carboxylic acids is 1. The highest BCUT2D eigenvalue weighted by Crippen LogP contribution is 2.22. The minimum atomic E-state index is -0.706. The number of hydrogen-bond acceptors (Lipinski definition) is 4. The molecule has 2 rings (SSSR count). The van der Waals surface area contributed by atoms with Crippen molar-refractivity contribution in [2.24, 2.45) is 5.92 Å². The van der Waals surface area contributed by atoms with E-state index < -0.39 is 5.97 Å². The van der Waals surface area contributed by atoms with E-state index in [1.807, 2.05) is 6.92 Å². The van der Waals surface area contributed by atoms with Crippen LogP contribution in [0.4, 0.5) is 5.82 Å². The smallest absolute Gasteiger partial charge is 0.306 e. The molecule has 0 atom stereocenters. The van der Waals surface area contributed by atoms with Crippen LogP contribution in [0.1, 0.15) is 18.5 Å². The van der Waals surface area contributed by atoms with Gasteiger partial charge in [0, 0.05) is 13.1 Å². The molecule has 0 aliphatic carbocycles. The van der Waals surface area contributed by atoms with Gasteiger partial charge in [-0.2, -0.15) is 0 Å². The third kappa shape index (κ3) is 2.66. The Labute approximate surface area is 104 Å². The summed E-state index contributed by atoms with van der Waals surface area (Å²) in [6, 6.07) is 0. The van der Waals surface area contributed by atoms with E-state index in [9.17, 15) is 4.79 Å². The number of piperidine rings is 1. The highest BCUT2D eigenvalue weighted by Gasteiger charge is 2.25. The molecule has 1 fully saturated rings. The van der Waals surface area contributed by atoms with Crippen LogP contribution in [0.5, 0.6) is 0 Å². The fourth-order valence-corrected chi connectivity index (χ4v) is 2.05. The van der Waals surface area contributed by atoms with Gasteiger partial charge in [0.1, 0.15) is 11.0 Å². The lowest BCUT2D eigenvalue weighted by atomic mass is 9.97. The molecule has 0 aromatic carbocycles. The number of aryl methyl sites for hydroxylation is 1. The monoisotopic (exact) mass is 255 g/mol. The Morgan fingerprint density at radius 1 is 1.53 bits per heavy atom. The van der Waals surface area contributed by atoms with E-state index in [-0.39, 0.29) is 5.92 Å². The van der Waals surface area contributed by atoms with Crippen LogP contribution in [0.3, 0.4) is 0 Å². The number of anilines is 1. The Morgan fingerprint density at radius 2 is 2.18 bits per heavy atom. The largest absolute Gasteiger partial charge is 0.481 e. The van der Waals surface area contributed by atoms with Gasteiger partial charge in [-0.15, -0.1) is 0 Å². The molecule has 1 aliphatic heterocycles. The first-order valence-corrected chi connectivity index (χ1v) is 5.92. The van der Waals surface area contributed by atoms with Gasteiger partial charge >= 0.3 is 5.97 Å². The molecule has 1 aliphatic rings. The van der Waals surface area contributed by atoms with Crippen molar-refractivity contribution in [3.63, 3.8) is 0 Å². The second kappa shape index (κ2) is 4.87. The predicted octanol–water partition coefficient (Wildman–Crippen LogP) is 1.74. The number of nitrogens with zero attached hydrogens (tertiary/aromatic N) is 3. The summed E-state index contributed by atoms with van der Waals surface area (Å²) >= 11 is 5.81. The normalized spacial score (nSPS) is 17.2. The Hall–Kier alpha value is -1.36. The van der Waals surface area contributed by atoms with Gasteiger partial charge in [0.2, 0.25) is 0 Å². The average Bonchev–Trinajstić information content (AvgIpc) is 2.33. The zero-order valence-corrected chi connectivity index (χ0v) is 10.3. The molecule has 0 radical (unpaired) electrons. The Morgan fingerprint density at radius 3 is 2.71 bits per heavy atom. The lowest BCUT2D eigenvalue weighted by Gasteiger charge is -2.30. The zero-order valence-electron chi connectivity index (χ0n) is 9.56. The van der Waals surface area contributed by atoms with Crippen LogP contribution in [-0.2, 0) is 4.79 Å². The van der Waals surface area contributed by atoms with Gasteiger partial charge in [0.25, 0.3) is 0 Å². The number of halogens is 1. The molecule has 5 nitrogen and oxygen atoms in total. The van der Waals surface area contributed by atoms with Crippen molar-refractivity contribution in [3.8, 4) is 0 Å². The van der Waals surface area contributed by atoms with E-state index in [0.29, 0.717) is 36.8 Å². The fraction of sp³-hybridized carbons (Fsp3) is 0.545. The van der Waals surface area contributed by atoms with Crippen molar-refractivity contribution in [3.05, 3.63) is 17.0 Å². The average molecular weight is 256 g/mol. The van der Waals surface area contributed by atoms with Crippen molar-refractivity contribution >= 4 is 23.4 Å². The molecule has 0 saturated carbocycles. The first-order valence-electron chi connectivity index (χ1n) is 5.55. The molecule has 6 heteroatoms. The van der Waals surface area contributed by atoms with Gasteiger partial charge < -0.3 is 10.0 Å². The van der Waals surface area contributed by atoms with Gasteiger partial charge in [-0.3, -0.25) is 4.79 Å². The molecule has 92 valence electrons. The minimum absolute atomic E-state index is 0.229. The van der Waals surface area contributed by atoms with Crippen LogP contribution < -0.4 is 4.90 Å². The summed E-state index contributed by atoms with van der Waals surface area (Å²) < 4.78 is 0. The van der Waals surface area contributed by atoms with Gasteiger partial charge in [0.05, 0.1) is 17.8 Å². The van der Waals surface area contributed by atoms with Gasteiger partial charge in [-0.25, -0.2) is 9.97 Å². The molecule has 1 N–H and O–H groups in total. The first kappa shape index (κ1) is 12.1. The number of rotatable bonds is 2. The molecule has 1 saturated heterocycles. The first-order chi connectivity index (χ1) is 8.08. The topological polar surface area (TPSA) is 66.3 Å². The number of aromatic nitrogens is 2. The van der Waals surface area contributed by atoms with Gasteiger partial charge in [0.15, 0.2) is 0 Å². The van der Waals surface area contributed by atoms with Gasteiger partial charge in [-0.05, 0) is 19.8 Å². The highest BCUT2D eigenvalue weighted by atomic mass is 35.5. The van der Waals surface area contributed by atoms with E-state index in [1.54, 1.807) is 6.20 Å². The van der Waals surface area contributed by atoms with Crippen molar-refractivity contribution in [2.45, 2.75) is 19.8 Å². The summed E-state index contributed by atoms with van der Waals surface area (Å²) in [6.45, 7) is 3.21. The summed E-state index contributed by atoms with van der Waals surface area (Å²) in [4.78, 5) is 21.3. The molecule has 2 heterocycles. The Balaban J connectivity index is 2.05. The van der Waals surface area contributed by atoms with Crippen LogP contribution in [0.15, 0.2) is 6.20 Å². The van der Waals surface area contributed by atoms with Crippen LogP contribution >= 0.6 is 11.6 Å². The molecular weight excluding hydrogens is 242 g/mol. The number of carbonyl (C=O) groups is 1. The van der Waals surface area contributed by atoms with Crippen LogP contribution in [0.2, 0.25) is 5.15 Å². The second-order valence-corrected chi connectivity index (χ2v) is 4.56. The second-order valence-electron chi connectivity index (χ2n) is 4.20. The molecule has 1 aromatic heterocycles. The van der Waals surface area contributed by atoms with E-state index in [4.69, 9.17) is 16.7 Å². The molecule has 0 unspecified atom stereocenters. The molecule has 0 spiro atoms. The Bertz CT molecular complexity index is 431. The predicted molar refractivity (Wildman–Crippen MR) is 64.4 cm³/mol. The maximum atomic E-state index is 10.8. The maximum Gasteiger partial charge on any atom is 0.306 e. The van der Waals surface area contributed by atoms with E-state index in [2.05, 4.69) is 14.9 Å². The van der Waals surface area contributed by atoms with Crippen LogP contribution in [0.25, 0.3) is 0 Å². The van der Waals surface area contributed by atoms with Crippen molar-refractivity contribution in [2.75, 3.05) is 18.0 Å². The van der Waals surface area contributed by atoms with Crippen molar-refractivity contribution in [1.82, 2.24) is 9.97 Å². The molecule has 1 aromatic rings. The van der Waals surface area contributed by atoms with Crippen molar-refractivity contribution in [1.29, 1.82) is 0 Å². The lowest BCUT2D eigenvalue weighted by Crippen LogP contribution is -2.36. The van der Waals surface area contributed by atoms with Crippen LogP contribution in [0, 0.1) is 12.8 Å². The SMILES string of the molecule is Cc1nc(N2CCC(C(=O)O)CC2)cnc1Cl. The quantitative estimate of drug-likeness (QED) is 0.872. The van der Waals surface area contributed by atoms with Crippen LogP contribution in [-0.4, -0.2) is 34.1 Å². The standard InChI is InChI=1S/C11H14ClN3O2/c1-7-10(12)13-6-9(14-7)15-4-2-8(3-5-15)11(16)17/h6,8H,2-5H2,1H3,(H,16,17). The molecule has 17 heavy (non-hydrogen) atoms. The van der Waals surface area contributed by atoms with E-state index in [1.165, 1.54) is 0 Å². The number of carboxylic acid groups (broad SMARTS) is 1. The van der Waals surface area contributed by atoms with Gasteiger partial charge in [-0.1, -0.05) is 11.6 Å². The molecule has 0 amide bonds. The summed E-state index contributed by atoms with van der Waals surface area (Å²) in [7, 11) is 0. The lowest BCUT2D eigenvalue weighted by molar-refractivity contribution is -0.142. The minimum Gasteiger partial charge on any atom is -0.481 e. The summed E-state index contributed by atoms with van der Waals surface area (Å²) in [6.07, 6.45) is 2.94. The van der Waals surface area contributed by atoms with E-state index in [0.717, 1.165) is 5.82 Å². The maximum absolute atomic E-state index is 10.8. The summed E-state index contributed by atoms with van der Waals surface area (Å²) in [5.74, 6) is -0.161. The highest BCUT2D eigenvalue weighted by molar-refractivity contribution is 6.29. The third-order valence-electron chi connectivity index (χ3n) is 3.04. The van der Waals surface area contributed by atoms with E-state index >= 15 is 0 Å².